The van der Waals surface area contributed by atoms with Gasteiger partial charge in [0.05, 0.1) is 32.8 Å². The molecular formula is C23H20N2O4S2. The van der Waals surface area contributed by atoms with Crippen LogP contribution in [0.3, 0.4) is 0 Å². The Morgan fingerprint density at radius 1 is 1.06 bits per heavy atom. The fourth-order valence-electron chi connectivity index (χ4n) is 3.14. The zero-order chi connectivity index (χ0) is 22.0. The summed E-state index contributed by atoms with van der Waals surface area (Å²) in [6.07, 6.45) is 0.101. The van der Waals surface area contributed by atoms with E-state index in [0.29, 0.717) is 21.8 Å². The van der Waals surface area contributed by atoms with Gasteiger partial charge in [0, 0.05) is 5.69 Å². The molecule has 31 heavy (non-hydrogen) atoms. The maximum absolute atomic E-state index is 12.5. The molecule has 4 aromatic rings. The number of carbonyl (C=O) groups is 1. The van der Waals surface area contributed by atoms with Gasteiger partial charge in [0.25, 0.3) is 0 Å². The highest BCUT2D eigenvalue weighted by Gasteiger charge is 2.14. The normalized spacial score (nSPS) is 11.5. The van der Waals surface area contributed by atoms with Gasteiger partial charge in [0.2, 0.25) is 5.91 Å². The Morgan fingerprint density at radius 3 is 2.52 bits per heavy atom. The van der Waals surface area contributed by atoms with Crippen LogP contribution in [0.2, 0.25) is 0 Å². The van der Waals surface area contributed by atoms with Gasteiger partial charge in [0.15, 0.2) is 9.84 Å². The molecule has 0 saturated heterocycles. The zero-order valence-corrected chi connectivity index (χ0v) is 18.3. The molecular weight excluding hydrogens is 432 g/mol. The summed E-state index contributed by atoms with van der Waals surface area (Å²) in [7, 11) is -3.27. The molecule has 0 aliphatic rings. The number of carbonyl (C=O) groups excluding carboxylic acids is 1. The molecule has 0 aliphatic heterocycles. The number of aromatic nitrogens is 1. The number of anilines is 1. The molecule has 1 heterocycles. The van der Waals surface area contributed by atoms with Crippen LogP contribution in [0.5, 0.6) is 5.75 Å². The standard InChI is InChI=1S/C23H20N2O4S2/c1-2-31(28,29)17-10-7-15(8-11-17)13-22(27)24-16-9-12-20(26)18(14-16)23-25-19-5-3-4-6-21(19)30-23/h3-12,14,26H,2,13H2,1H3,(H,24,27). The molecule has 0 bridgehead atoms. The van der Waals surface area contributed by atoms with E-state index in [1.54, 1.807) is 31.2 Å². The predicted octanol–water partition coefficient (Wildman–Crippen LogP) is 4.64. The Balaban J connectivity index is 1.50. The number of nitrogens with zero attached hydrogens (tertiary/aromatic N) is 1. The summed E-state index contributed by atoms with van der Waals surface area (Å²) in [6.45, 7) is 1.59. The molecule has 3 aromatic carbocycles. The van der Waals surface area contributed by atoms with Crippen LogP contribution in [0, 0.1) is 0 Å². The molecule has 158 valence electrons. The van der Waals surface area contributed by atoms with Crippen molar-refractivity contribution < 1.29 is 18.3 Å². The average Bonchev–Trinajstić information content (AvgIpc) is 3.19. The van der Waals surface area contributed by atoms with Gasteiger partial charge in [-0.1, -0.05) is 31.2 Å². The van der Waals surface area contributed by atoms with Crippen LogP contribution < -0.4 is 5.32 Å². The second-order valence-electron chi connectivity index (χ2n) is 6.99. The summed E-state index contributed by atoms with van der Waals surface area (Å²) in [6, 6.07) is 18.9. The number of thiazole rings is 1. The van der Waals surface area contributed by atoms with Gasteiger partial charge in [-0.05, 0) is 48.0 Å². The fourth-order valence-corrected chi connectivity index (χ4v) is 5.02. The van der Waals surface area contributed by atoms with Gasteiger partial charge < -0.3 is 10.4 Å². The second-order valence-corrected chi connectivity index (χ2v) is 10.3. The molecule has 0 radical (unpaired) electrons. The number of hydrogen-bond donors (Lipinski definition) is 2. The quantitative estimate of drug-likeness (QED) is 0.415. The molecule has 0 saturated carbocycles. The van der Waals surface area contributed by atoms with Crippen molar-refractivity contribution in [3.8, 4) is 16.3 Å². The van der Waals surface area contributed by atoms with Crippen molar-refractivity contribution in [3.63, 3.8) is 0 Å². The van der Waals surface area contributed by atoms with Gasteiger partial charge >= 0.3 is 0 Å². The monoisotopic (exact) mass is 452 g/mol. The maximum Gasteiger partial charge on any atom is 0.228 e. The lowest BCUT2D eigenvalue weighted by Crippen LogP contribution is -2.14. The molecule has 1 amide bonds. The van der Waals surface area contributed by atoms with Crippen molar-refractivity contribution in [2.75, 3.05) is 11.1 Å². The van der Waals surface area contributed by atoms with Crippen LogP contribution >= 0.6 is 11.3 Å². The van der Waals surface area contributed by atoms with Crippen molar-refractivity contribution in [2.24, 2.45) is 0 Å². The number of hydrogen-bond acceptors (Lipinski definition) is 6. The van der Waals surface area contributed by atoms with E-state index >= 15 is 0 Å². The van der Waals surface area contributed by atoms with Gasteiger partial charge in [-0.15, -0.1) is 11.3 Å². The highest BCUT2D eigenvalue weighted by atomic mass is 32.2. The lowest BCUT2D eigenvalue weighted by atomic mass is 10.1. The Labute approximate surface area is 184 Å². The van der Waals surface area contributed by atoms with Crippen LogP contribution in [0.25, 0.3) is 20.8 Å². The van der Waals surface area contributed by atoms with E-state index in [1.807, 2.05) is 24.3 Å². The molecule has 0 spiro atoms. The number of phenols is 1. The van der Waals surface area contributed by atoms with Crippen LogP contribution in [-0.2, 0) is 21.1 Å². The Morgan fingerprint density at radius 2 is 1.81 bits per heavy atom. The van der Waals surface area contributed by atoms with Crippen molar-refractivity contribution in [3.05, 3.63) is 72.3 Å². The van der Waals surface area contributed by atoms with Crippen LogP contribution in [0.15, 0.2) is 71.6 Å². The third kappa shape index (κ3) is 4.60. The third-order valence-corrected chi connectivity index (χ3v) is 7.65. The zero-order valence-electron chi connectivity index (χ0n) is 16.7. The van der Waals surface area contributed by atoms with E-state index in [2.05, 4.69) is 10.3 Å². The Kier molecular flexibility index (Phi) is 5.75. The molecule has 0 fully saturated rings. The molecule has 1 aromatic heterocycles. The first-order chi connectivity index (χ1) is 14.9. The van der Waals surface area contributed by atoms with Crippen molar-refractivity contribution >= 4 is 43.0 Å². The first kappa shape index (κ1) is 21.0. The largest absolute Gasteiger partial charge is 0.507 e. The second kappa shape index (κ2) is 8.49. The van der Waals surface area contributed by atoms with Gasteiger partial charge in [-0.25, -0.2) is 13.4 Å². The minimum atomic E-state index is -3.27. The van der Waals surface area contributed by atoms with E-state index in [4.69, 9.17) is 0 Å². The molecule has 6 nitrogen and oxygen atoms in total. The average molecular weight is 453 g/mol. The lowest BCUT2D eigenvalue weighted by molar-refractivity contribution is -0.115. The number of rotatable bonds is 6. The van der Waals surface area contributed by atoms with E-state index in [9.17, 15) is 18.3 Å². The van der Waals surface area contributed by atoms with Crippen LogP contribution in [-0.4, -0.2) is 30.2 Å². The topological polar surface area (TPSA) is 96.4 Å². The first-order valence-corrected chi connectivity index (χ1v) is 12.1. The van der Waals surface area contributed by atoms with Gasteiger partial charge in [-0.2, -0.15) is 0 Å². The highest BCUT2D eigenvalue weighted by molar-refractivity contribution is 7.91. The molecule has 4 rings (SSSR count). The van der Waals surface area contributed by atoms with E-state index in [-0.39, 0.29) is 28.7 Å². The predicted molar refractivity (Wildman–Crippen MR) is 123 cm³/mol. The summed E-state index contributed by atoms with van der Waals surface area (Å²) in [4.78, 5) is 17.3. The molecule has 0 aliphatic carbocycles. The van der Waals surface area contributed by atoms with Crippen molar-refractivity contribution in [2.45, 2.75) is 18.2 Å². The summed E-state index contributed by atoms with van der Waals surface area (Å²) < 4.78 is 24.8. The number of sulfone groups is 1. The number of benzene rings is 3. The molecule has 2 N–H and O–H groups in total. The van der Waals surface area contributed by atoms with Crippen molar-refractivity contribution in [1.29, 1.82) is 0 Å². The summed E-state index contributed by atoms with van der Waals surface area (Å²) >= 11 is 1.47. The van der Waals surface area contributed by atoms with E-state index in [0.717, 1.165) is 10.2 Å². The minimum absolute atomic E-state index is 0.0324. The first-order valence-electron chi connectivity index (χ1n) is 9.66. The Hall–Kier alpha value is -3.23. The van der Waals surface area contributed by atoms with E-state index < -0.39 is 9.84 Å². The van der Waals surface area contributed by atoms with E-state index in [1.165, 1.54) is 29.5 Å². The number of nitrogens with one attached hydrogen (secondary N) is 1. The summed E-state index contributed by atoms with van der Waals surface area (Å²) in [5.41, 5.74) is 2.65. The van der Waals surface area contributed by atoms with Crippen LogP contribution in [0.1, 0.15) is 12.5 Å². The minimum Gasteiger partial charge on any atom is -0.507 e. The van der Waals surface area contributed by atoms with Gasteiger partial charge in [0.1, 0.15) is 10.8 Å². The van der Waals surface area contributed by atoms with Crippen molar-refractivity contribution in [1.82, 2.24) is 4.98 Å². The summed E-state index contributed by atoms with van der Waals surface area (Å²) in [5, 5.41) is 13.8. The molecule has 0 atom stereocenters. The third-order valence-electron chi connectivity index (χ3n) is 4.83. The number of fused-ring (bicyclic) bond motifs is 1. The number of para-hydroxylation sites is 1. The molecule has 0 unspecified atom stereocenters. The fraction of sp³-hybridized carbons (Fsp3) is 0.130. The number of aromatic hydroxyl groups is 1. The maximum atomic E-state index is 12.5. The van der Waals surface area contributed by atoms with Gasteiger partial charge in [-0.3, -0.25) is 4.79 Å². The molecule has 8 heteroatoms. The smallest absolute Gasteiger partial charge is 0.228 e. The number of phenolic OH excluding ortho intramolecular Hbond substituents is 1. The lowest BCUT2D eigenvalue weighted by Gasteiger charge is -2.09. The summed E-state index contributed by atoms with van der Waals surface area (Å²) in [5.74, 6) is -0.123. The van der Waals surface area contributed by atoms with Crippen LogP contribution in [0.4, 0.5) is 5.69 Å². The Bertz CT molecular complexity index is 1330. The SMILES string of the molecule is CCS(=O)(=O)c1ccc(CC(=O)Nc2ccc(O)c(-c3nc4ccccc4s3)c2)cc1. The highest BCUT2D eigenvalue weighted by Crippen LogP contribution is 2.36. The number of amides is 1.